The molecule has 0 atom stereocenters. The van der Waals surface area contributed by atoms with Gasteiger partial charge in [-0.2, -0.15) is 5.10 Å². The molecule has 2 heterocycles. The Morgan fingerprint density at radius 2 is 2.19 bits per heavy atom. The number of hydrazine groups is 1. The molecule has 0 unspecified atom stereocenters. The Bertz CT molecular complexity index is 623. The van der Waals surface area contributed by atoms with Gasteiger partial charge < -0.3 is 10.7 Å². The fourth-order valence-corrected chi connectivity index (χ4v) is 1.97. The summed E-state index contributed by atoms with van der Waals surface area (Å²) < 4.78 is 1.93. The molecule has 0 fully saturated rings. The second-order valence-electron chi connectivity index (χ2n) is 4.69. The summed E-state index contributed by atoms with van der Waals surface area (Å²) in [5.41, 5.74) is 4.70. The molecule has 0 aliphatic rings. The highest BCUT2D eigenvalue weighted by atomic mass is 16.1. The topological polar surface area (TPSA) is 111 Å². The summed E-state index contributed by atoms with van der Waals surface area (Å²) in [6, 6.07) is 2.03. The van der Waals surface area contributed by atoms with Crippen LogP contribution in [0.4, 0.5) is 5.82 Å². The van der Waals surface area contributed by atoms with Crippen molar-refractivity contribution in [2.24, 2.45) is 5.84 Å². The van der Waals surface area contributed by atoms with Gasteiger partial charge in [0.1, 0.15) is 5.69 Å². The summed E-state index contributed by atoms with van der Waals surface area (Å²) in [5, 5.41) is 7.16. The Morgan fingerprint density at radius 1 is 1.38 bits per heavy atom. The molecular weight excluding hydrogens is 270 g/mol. The largest absolute Gasteiger partial charge is 0.351 e. The Labute approximate surface area is 122 Å². The fourth-order valence-electron chi connectivity index (χ4n) is 1.97. The second kappa shape index (κ2) is 6.80. The molecule has 0 saturated carbocycles. The van der Waals surface area contributed by atoms with E-state index in [4.69, 9.17) is 5.84 Å². The van der Waals surface area contributed by atoms with Crippen molar-refractivity contribution >= 4 is 11.7 Å². The summed E-state index contributed by atoms with van der Waals surface area (Å²) in [4.78, 5) is 19.8. The molecule has 0 radical (unpaired) electrons. The Morgan fingerprint density at radius 3 is 2.86 bits per heavy atom. The van der Waals surface area contributed by atoms with Crippen LogP contribution in [-0.2, 0) is 6.54 Å². The van der Waals surface area contributed by atoms with Gasteiger partial charge in [-0.15, -0.1) is 0 Å². The van der Waals surface area contributed by atoms with E-state index >= 15 is 0 Å². The van der Waals surface area contributed by atoms with E-state index in [0.717, 1.165) is 24.4 Å². The number of anilines is 1. The molecule has 0 spiro atoms. The van der Waals surface area contributed by atoms with E-state index in [2.05, 4.69) is 25.8 Å². The van der Waals surface area contributed by atoms with Crippen LogP contribution < -0.4 is 16.6 Å². The first-order chi connectivity index (χ1) is 10.1. The Balaban J connectivity index is 1.80. The summed E-state index contributed by atoms with van der Waals surface area (Å²) in [6.07, 6.45) is 3.63. The molecule has 8 heteroatoms. The van der Waals surface area contributed by atoms with Crippen LogP contribution in [0.15, 0.2) is 18.5 Å². The highest BCUT2D eigenvalue weighted by molar-refractivity contribution is 5.92. The van der Waals surface area contributed by atoms with Crippen LogP contribution in [0.25, 0.3) is 0 Å². The normalized spacial score (nSPS) is 10.4. The molecule has 21 heavy (non-hydrogen) atoms. The third-order valence-electron chi connectivity index (χ3n) is 2.95. The van der Waals surface area contributed by atoms with E-state index in [1.165, 1.54) is 12.4 Å². The maximum absolute atomic E-state index is 11.9. The number of nitrogens with zero attached hydrogens (tertiary/aromatic N) is 4. The van der Waals surface area contributed by atoms with Gasteiger partial charge in [-0.3, -0.25) is 14.5 Å². The van der Waals surface area contributed by atoms with E-state index in [-0.39, 0.29) is 11.6 Å². The first-order valence-electron chi connectivity index (χ1n) is 6.68. The third kappa shape index (κ3) is 3.99. The molecule has 0 aliphatic carbocycles. The molecule has 0 aliphatic heterocycles. The SMILES string of the molecule is Cc1cc(C)n(CCCNC(=O)c2cncc(NN)n2)n1. The van der Waals surface area contributed by atoms with Crippen molar-refractivity contribution in [3.8, 4) is 0 Å². The predicted molar refractivity (Wildman–Crippen MR) is 78.5 cm³/mol. The zero-order valence-corrected chi connectivity index (χ0v) is 12.1. The van der Waals surface area contributed by atoms with Gasteiger partial charge in [0.15, 0.2) is 5.82 Å². The van der Waals surface area contributed by atoms with Crippen molar-refractivity contribution in [3.63, 3.8) is 0 Å². The lowest BCUT2D eigenvalue weighted by atomic mass is 10.3. The van der Waals surface area contributed by atoms with Crippen LogP contribution in [0.3, 0.4) is 0 Å². The monoisotopic (exact) mass is 289 g/mol. The number of nitrogens with two attached hydrogens (primary N) is 1. The van der Waals surface area contributed by atoms with Crippen molar-refractivity contribution < 1.29 is 4.79 Å². The quantitative estimate of drug-likeness (QED) is 0.403. The Kier molecular flexibility index (Phi) is 4.83. The number of hydrogen-bond donors (Lipinski definition) is 3. The lowest BCUT2D eigenvalue weighted by molar-refractivity contribution is 0.0947. The van der Waals surface area contributed by atoms with Crippen LogP contribution in [0.1, 0.15) is 28.3 Å². The van der Waals surface area contributed by atoms with Gasteiger partial charge in [-0.1, -0.05) is 0 Å². The van der Waals surface area contributed by atoms with Gasteiger partial charge in [-0.25, -0.2) is 10.8 Å². The molecule has 2 aromatic heterocycles. The maximum Gasteiger partial charge on any atom is 0.271 e. The molecule has 8 nitrogen and oxygen atoms in total. The van der Waals surface area contributed by atoms with E-state index in [9.17, 15) is 4.79 Å². The van der Waals surface area contributed by atoms with E-state index < -0.39 is 0 Å². The molecule has 4 N–H and O–H groups in total. The van der Waals surface area contributed by atoms with Crippen LogP contribution >= 0.6 is 0 Å². The molecule has 2 rings (SSSR count). The first-order valence-corrected chi connectivity index (χ1v) is 6.68. The summed E-state index contributed by atoms with van der Waals surface area (Å²) in [7, 11) is 0. The van der Waals surface area contributed by atoms with Crippen LogP contribution in [0.2, 0.25) is 0 Å². The standard InChI is InChI=1S/C13H19N7O/c1-9-6-10(2)20(19-9)5-3-4-16-13(21)11-7-15-8-12(17-11)18-14/h6-8H,3-5,14H2,1-2H3,(H,16,21)(H,17,18). The summed E-state index contributed by atoms with van der Waals surface area (Å²) >= 11 is 0. The zero-order chi connectivity index (χ0) is 15.2. The molecule has 1 amide bonds. The zero-order valence-electron chi connectivity index (χ0n) is 12.1. The first kappa shape index (κ1) is 14.9. The Hall–Kier alpha value is -2.48. The summed E-state index contributed by atoms with van der Waals surface area (Å²) in [5.74, 6) is 5.31. The smallest absolute Gasteiger partial charge is 0.271 e. The second-order valence-corrected chi connectivity index (χ2v) is 4.69. The molecule has 2 aromatic rings. The van der Waals surface area contributed by atoms with Crippen LogP contribution in [0, 0.1) is 13.8 Å². The minimum atomic E-state index is -0.270. The number of nitrogen functional groups attached to an aromatic ring is 1. The predicted octanol–water partition coefficient (Wildman–Crippen LogP) is 0.396. The van der Waals surface area contributed by atoms with Crippen molar-refractivity contribution in [2.45, 2.75) is 26.8 Å². The van der Waals surface area contributed by atoms with E-state index in [1.807, 2.05) is 24.6 Å². The number of rotatable bonds is 6. The highest BCUT2D eigenvalue weighted by Crippen LogP contribution is 2.03. The molecule has 0 aromatic carbocycles. The van der Waals surface area contributed by atoms with Gasteiger partial charge in [0.05, 0.1) is 18.1 Å². The number of nitrogens with one attached hydrogen (secondary N) is 2. The van der Waals surface area contributed by atoms with E-state index in [0.29, 0.717) is 12.4 Å². The van der Waals surface area contributed by atoms with Crippen molar-refractivity contribution in [1.82, 2.24) is 25.1 Å². The maximum atomic E-state index is 11.9. The molecule has 0 bridgehead atoms. The average Bonchev–Trinajstić information content (AvgIpc) is 2.81. The van der Waals surface area contributed by atoms with Crippen molar-refractivity contribution in [1.29, 1.82) is 0 Å². The molecule has 0 saturated heterocycles. The molecular formula is C13H19N7O. The number of carbonyl (C=O) groups is 1. The number of amides is 1. The minimum Gasteiger partial charge on any atom is -0.351 e. The lowest BCUT2D eigenvalue weighted by Crippen LogP contribution is -2.27. The van der Waals surface area contributed by atoms with Gasteiger partial charge in [0.25, 0.3) is 5.91 Å². The lowest BCUT2D eigenvalue weighted by Gasteiger charge is -2.07. The molecule has 112 valence electrons. The highest BCUT2D eigenvalue weighted by Gasteiger charge is 2.08. The van der Waals surface area contributed by atoms with Crippen LogP contribution in [0.5, 0.6) is 0 Å². The van der Waals surface area contributed by atoms with Crippen molar-refractivity contribution in [2.75, 3.05) is 12.0 Å². The number of aromatic nitrogens is 4. The average molecular weight is 289 g/mol. The number of hydrogen-bond acceptors (Lipinski definition) is 6. The van der Waals surface area contributed by atoms with E-state index in [1.54, 1.807) is 0 Å². The van der Waals surface area contributed by atoms with Crippen LogP contribution in [-0.4, -0.2) is 32.2 Å². The van der Waals surface area contributed by atoms with Gasteiger partial charge in [0, 0.05) is 18.8 Å². The summed E-state index contributed by atoms with van der Waals surface area (Å²) in [6.45, 7) is 5.27. The van der Waals surface area contributed by atoms with Gasteiger partial charge in [0.2, 0.25) is 0 Å². The fraction of sp³-hybridized carbons (Fsp3) is 0.385. The minimum absolute atomic E-state index is 0.233. The van der Waals surface area contributed by atoms with Gasteiger partial charge >= 0.3 is 0 Å². The van der Waals surface area contributed by atoms with Crippen molar-refractivity contribution in [3.05, 3.63) is 35.5 Å². The number of aryl methyl sites for hydroxylation is 3. The third-order valence-corrected chi connectivity index (χ3v) is 2.95. The number of carbonyl (C=O) groups excluding carboxylic acids is 1. The van der Waals surface area contributed by atoms with Gasteiger partial charge in [-0.05, 0) is 26.3 Å².